The molecule has 0 aliphatic carbocycles. The Hall–Kier alpha value is -3.99. The number of methoxy groups -OCH3 is 1. The van der Waals surface area contributed by atoms with Crippen LogP contribution in [0.3, 0.4) is 0 Å². The van der Waals surface area contributed by atoms with Crippen LogP contribution in [0.4, 0.5) is 16.3 Å². The van der Waals surface area contributed by atoms with Crippen LogP contribution < -0.4 is 24.3 Å². The highest BCUT2D eigenvalue weighted by Crippen LogP contribution is 2.41. The number of rotatable bonds is 7. The Balaban J connectivity index is 1.24. The predicted molar refractivity (Wildman–Crippen MR) is 144 cm³/mol. The van der Waals surface area contributed by atoms with E-state index in [0.717, 1.165) is 11.1 Å². The molecule has 0 atom stereocenters. The van der Waals surface area contributed by atoms with Gasteiger partial charge in [-0.1, -0.05) is 6.07 Å². The molecule has 39 heavy (non-hydrogen) atoms. The van der Waals surface area contributed by atoms with E-state index in [1.807, 2.05) is 45.0 Å². The summed E-state index contributed by atoms with van der Waals surface area (Å²) >= 11 is 0. The molecule has 1 aromatic heterocycles. The Morgan fingerprint density at radius 1 is 1.15 bits per heavy atom. The Morgan fingerprint density at radius 2 is 1.95 bits per heavy atom. The minimum atomic E-state index is -0.927. The second-order valence-electron chi connectivity index (χ2n) is 10.7. The van der Waals surface area contributed by atoms with Crippen LogP contribution in [0.2, 0.25) is 0 Å². The van der Waals surface area contributed by atoms with Gasteiger partial charge >= 0.3 is 6.09 Å². The molecule has 2 aliphatic rings. The smallest absolute Gasteiger partial charge is 0.410 e. The molecule has 11 heteroatoms. The van der Waals surface area contributed by atoms with Gasteiger partial charge < -0.3 is 39.0 Å². The first kappa shape index (κ1) is 26.6. The lowest BCUT2D eigenvalue weighted by Crippen LogP contribution is -2.48. The Labute approximate surface area is 227 Å². The van der Waals surface area contributed by atoms with Crippen LogP contribution in [-0.4, -0.2) is 70.9 Å². The third-order valence-corrected chi connectivity index (χ3v) is 6.74. The van der Waals surface area contributed by atoms with Crippen molar-refractivity contribution >= 4 is 28.5 Å². The fourth-order valence-electron chi connectivity index (χ4n) is 4.63. The summed E-state index contributed by atoms with van der Waals surface area (Å²) in [5.74, 6) is 2.92. The lowest BCUT2D eigenvalue weighted by atomic mass is 9.89. The second kappa shape index (κ2) is 10.6. The zero-order valence-corrected chi connectivity index (χ0v) is 22.7. The van der Waals surface area contributed by atoms with Gasteiger partial charge in [0.2, 0.25) is 6.79 Å². The maximum Gasteiger partial charge on any atom is 0.410 e. The van der Waals surface area contributed by atoms with Crippen LogP contribution in [-0.2, 0) is 4.74 Å². The summed E-state index contributed by atoms with van der Waals surface area (Å²) in [4.78, 5) is 22.8. The van der Waals surface area contributed by atoms with Crippen molar-refractivity contribution in [1.29, 1.82) is 0 Å². The average molecular weight is 539 g/mol. The van der Waals surface area contributed by atoms with E-state index in [9.17, 15) is 9.90 Å². The molecule has 208 valence electrons. The van der Waals surface area contributed by atoms with Crippen molar-refractivity contribution in [3.05, 3.63) is 36.7 Å². The van der Waals surface area contributed by atoms with Crippen molar-refractivity contribution < 1.29 is 33.6 Å². The topological polar surface area (TPSA) is 125 Å². The number of benzene rings is 2. The van der Waals surface area contributed by atoms with Gasteiger partial charge in [-0.05, 0) is 51.8 Å². The Bertz CT molecular complexity index is 1350. The fourth-order valence-corrected chi connectivity index (χ4v) is 4.63. The van der Waals surface area contributed by atoms with Crippen molar-refractivity contribution in [2.45, 2.75) is 51.2 Å². The molecule has 3 aromatic rings. The molecule has 2 aliphatic heterocycles. The SMILES string of the molecule is COc1cc2c(Nc3cccc4c3OCO4)ncnc2cc1OCCC1(O)CCN(C(=O)OC(C)(C)C)CC1. The molecule has 3 heterocycles. The van der Waals surface area contributed by atoms with Crippen molar-refractivity contribution in [3.63, 3.8) is 0 Å². The number of likely N-dealkylation sites (tertiary alicyclic amines) is 1. The van der Waals surface area contributed by atoms with Crippen LogP contribution >= 0.6 is 0 Å². The fraction of sp³-hybridized carbons (Fsp3) is 0.464. The van der Waals surface area contributed by atoms with Crippen LogP contribution in [0.1, 0.15) is 40.0 Å². The first-order valence-corrected chi connectivity index (χ1v) is 13.0. The van der Waals surface area contributed by atoms with E-state index < -0.39 is 11.2 Å². The van der Waals surface area contributed by atoms with Gasteiger partial charge in [-0.15, -0.1) is 0 Å². The van der Waals surface area contributed by atoms with E-state index >= 15 is 0 Å². The molecular formula is C28H34N4O7. The van der Waals surface area contributed by atoms with E-state index in [0.29, 0.717) is 66.7 Å². The molecule has 5 rings (SSSR count). The summed E-state index contributed by atoms with van der Waals surface area (Å²) in [6.07, 6.45) is 2.43. The van der Waals surface area contributed by atoms with Gasteiger partial charge in [-0.25, -0.2) is 14.8 Å². The molecule has 0 bridgehead atoms. The number of nitrogens with zero attached hydrogens (tertiary/aromatic N) is 3. The molecule has 11 nitrogen and oxygen atoms in total. The average Bonchev–Trinajstić information content (AvgIpc) is 3.38. The summed E-state index contributed by atoms with van der Waals surface area (Å²) < 4.78 is 28.2. The molecule has 2 aromatic carbocycles. The van der Waals surface area contributed by atoms with Gasteiger partial charge in [0.15, 0.2) is 23.0 Å². The number of hydrogen-bond donors (Lipinski definition) is 2. The van der Waals surface area contributed by atoms with Crippen molar-refractivity contribution in [1.82, 2.24) is 14.9 Å². The lowest BCUT2D eigenvalue weighted by molar-refractivity contribution is -0.0422. The highest BCUT2D eigenvalue weighted by Gasteiger charge is 2.35. The number of amides is 1. The van der Waals surface area contributed by atoms with Gasteiger partial charge in [0, 0.05) is 31.0 Å². The van der Waals surface area contributed by atoms with Gasteiger partial charge in [0.1, 0.15) is 17.7 Å². The predicted octanol–water partition coefficient (Wildman–Crippen LogP) is 4.64. The number of fused-ring (bicyclic) bond motifs is 2. The van der Waals surface area contributed by atoms with E-state index in [1.54, 1.807) is 18.1 Å². The summed E-state index contributed by atoms with van der Waals surface area (Å²) in [6, 6.07) is 9.23. The normalized spacial score (nSPS) is 16.2. The van der Waals surface area contributed by atoms with Gasteiger partial charge in [-0.2, -0.15) is 0 Å². The molecule has 1 saturated heterocycles. The maximum absolute atomic E-state index is 12.3. The van der Waals surface area contributed by atoms with Crippen LogP contribution in [0, 0.1) is 0 Å². The standard InChI is InChI=1S/C28H34N4O7/c1-27(2,3)39-26(33)32-11-8-28(34,9-12-32)10-13-36-23-15-20-18(14-22(23)35-4)25(30-16-29-20)31-19-6-5-7-21-24(19)38-17-37-21/h5-7,14-16,34H,8-13,17H2,1-4H3,(H,29,30,31). The molecule has 0 saturated carbocycles. The number of aromatic nitrogens is 2. The van der Waals surface area contributed by atoms with E-state index in [2.05, 4.69) is 15.3 Å². The summed E-state index contributed by atoms with van der Waals surface area (Å²) in [7, 11) is 1.57. The highest BCUT2D eigenvalue weighted by molar-refractivity contribution is 5.93. The molecule has 1 amide bonds. The number of para-hydroxylation sites is 1. The Morgan fingerprint density at radius 3 is 2.69 bits per heavy atom. The number of piperidine rings is 1. The number of carbonyl (C=O) groups is 1. The van der Waals surface area contributed by atoms with E-state index in [4.69, 9.17) is 23.7 Å². The molecule has 0 unspecified atom stereocenters. The number of ether oxygens (including phenoxy) is 5. The zero-order chi connectivity index (χ0) is 27.6. The van der Waals surface area contributed by atoms with Crippen molar-refractivity contribution in [3.8, 4) is 23.0 Å². The van der Waals surface area contributed by atoms with E-state index in [-0.39, 0.29) is 19.5 Å². The first-order valence-electron chi connectivity index (χ1n) is 13.0. The van der Waals surface area contributed by atoms with Gasteiger partial charge in [-0.3, -0.25) is 0 Å². The number of carbonyl (C=O) groups excluding carboxylic acids is 1. The minimum Gasteiger partial charge on any atom is -0.493 e. The number of anilines is 2. The maximum atomic E-state index is 12.3. The second-order valence-corrected chi connectivity index (χ2v) is 10.7. The zero-order valence-electron chi connectivity index (χ0n) is 22.7. The summed E-state index contributed by atoms with van der Waals surface area (Å²) in [5.41, 5.74) is -0.0823. The van der Waals surface area contributed by atoms with Gasteiger partial charge in [0.25, 0.3) is 0 Å². The van der Waals surface area contributed by atoms with Crippen LogP contribution in [0.5, 0.6) is 23.0 Å². The van der Waals surface area contributed by atoms with Crippen molar-refractivity contribution in [2.24, 2.45) is 0 Å². The van der Waals surface area contributed by atoms with Crippen LogP contribution in [0.25, 0.3) is 10.9 Å². The van der Waals surface area contributed by atoms with Gasteiger partial charge in [0.05, 0.1) is 30.5 Å². The molecule has 0 spiro atoms. The summed E-state index contributed by atoms with van der Waals surface area (Å²) in [5, 5.41) is 15.1. The van der Waals surface area contributed by atoms with E-state index in [1.165, 1.54) is 6.33 Å². The first-order chi connectivity index (χ1) is 18.6. The van der Waals surface area contributed by atoms with Crippen LogP contribution in [0.15, 0.2) is 36.7 Å². The quantitative estimate of drug-likeness (QED) is 0.439. The monoisotopic (exact) mass is 538 g/mol. The number of nitrogens with one attached hydrogen (secondary N) is 1. The molecule has 2 N–H and O–H groups in total. The summed E-state index contributed by atoms with van der Waals surface area (Å²) in [6.45, 7) is 6.82. The highest BCUT2D eigenvalue weighted by atomic mass is 16.7. The number of hydrogen-bond acceptors (Lipinski definition) is 10. The van der Waals surface area contributed by atoms with Crippen molar-refractivity contribution in [2.75, 3.05) is 38.9 Å². The number of aliphatic hydroxyl groups is 1. The third-order valence-electron chi connectivity index (χ3n) is 6.74. The molecule has 1 fully saturated rings. The Kier molecular flexibility index (Phi) is 7.26. The minimum absolute atomic E-state index is 0.171. The molecular weight excluding hydrogens is 504 g/mol. The third kappa shape index (κ3) is 6.03. The molecule has 0 radical (unpaired) electrons. The largest absolute Gasteiger partial charge is 0.493 e. The lowest BCUT2D eigenvalue weighted by Gasteiger charge is -2.38.